The topological polar surface area (TPSA) is 75.7 Å². The average molecular weight is 312 g/mol. The van der Waals surface area contributed by atoms with Crippen LogP contribution in [0.15, 0.2) is 24.3 Å². The van der Waals surface area contributed by atoms with Gasteiger partial charge in [0.25, 0.3) is 5.91 Å². The Labute approximate surface area is 125 Å². The Bertz CT molecular complexity index is 583. The van der Waals surface area contributed by atoms with Crippen LogP contribution in [-0.2, 0) is 10.0 Å². The molecule has 0 atom stereocenters. The highest BCUT2D eigenvalue weighted by Crippen LogP contribution is 2.13. The molecule has 0 radical (unpaired) electrons. The minimum Gasteiger partial charge on any atom is -0.497 e. The van der Waals surface area contributed by atoms with Gasteiger partial charge in [-0.05, 0) is 37.1 Å². The second-order valence-electron chi connectivity index (χ2n) is 4.91. The summed E-state index contributed by atoms with van der Waals surface area (Å²) in [6, 6.07) is 6.77. The smallest absolute Gasteiger partial charge is 0.251 e. The molecule has 1 aliphatic rings. The van der Waals surface area contributed by atoms with E-state index in [1.807, 2.05) is 0 Å². The first-order valence-electron chi connectivity index (χ1n) is 6.93. The number of amides is 1. The predicted molar refractivity (Wildman–Crippen MR) is 79.9 cm³/mol. The third-order valence-electron chi connectivity index (χ3n) is 3.45. The summed E-state index contributed by atoms with van der Waals surface area (Å²) in [5.74, 6) is 0.678. The van der Waals surface area contributed by atoms with E-state index in [1.54, 1.807) is 31.4 Å². The van der Waals surface area contributed by atoms with E-state index in [0.717, 1.165) is 12.8 Å². The predicted octanol–water partition coefficient (Wildman–Crippen LogP) is 0.851. The van der Waals surface area contributed by atoms with Crippen molar-refractivity contribution in [2.45, 2.75) is 12.8 Å². The largest absolute Gasteiger partial charge is 0.497 e. The molecule has 1 amide bonds. The van der Waals surface area contributed by atoms with Gasteiger partial charge in [0, 0.05) is 25.2 Å². The summed E-state index contributed by atoms with van der Waals surface area (Å²) in [6.07, 6.45) is 1.60. The zero-order valence-electron chi connectivity index (χ0n) is 12.0. The molecule has 1 aromatic rings. The lowest BCUT2D eigenvalue weighted by Crippen LogP contribution is -2.42. The van der Waals surface area contributed by atoms with Crippen molar-refractivity contribution in [2.75, 3.05) is 32.5 Å². The molecule has 1 heterocycles. The maximum atomic E-state index is 11.9. The number of rotatable bonds is 5. The van der Waals surface area contributed by atoms with Crippen molar-refractivity contribution in [1.29, 1.82) is 0 Å². The van der Waals surface area contributed by atoms with Gasteiger partial charge in [0.2, 0.25) is 10.0 Å². The van der Waals surface area contributed by atoms with Gasteiger partial charge < -0.3 is 10.1 Å². The minimum atomic E-state index is -3.13. The van der Waals surface area contributed by atoms with Gasteiger partial charge in [-0.15, -0.1) is 0 Å². The molecular formula is C14H20N2O4S. The minimum absolute atomic E-state index is 0.208. The molecule has 1 N–H and O–H groups in total. The fraction of sp³-hybridized carbons (Fsp3) is 0.500. The van der Waals surface area contributed by atoms with Crippen LogP contribution in [0, 0.1) is 0 Å². The van der Waals surface area contributed by atoms with E-state index < -0.39 is 10.0 Å². The third-order valence-corrected chi connectivity index (χ3v) is 5.41. The lowest BCUT2D eigenvalue weighted by molar-refractivity contribution is 0.0951. The molecule has 0 bridgehead atoms. The van der Waals surface area contributed by atoms with Crippen molar-refractivity contribution < 1.29 is 17.9 Å². The SMILES string of the molecule is COc1ccc(C(=O)NCCN2CCCCS2(=O)=O)cc1. The summed E-state index contributed by atoms with van der Waals surface area (Å²) in [4.78, 5) is 11.9. The normalized spacial score (nSPS) is 18.1. The lowest BCUT2D eigenvalue weighted by atomic mass is 10.2. The van der Waals surface area contributed by atoms with Crippen molar-refractivity contribution in [3.63, 3.8) is 0 Å². The summed E-state index contributed by atoms with van der Waals surface area (Å²) in [7, 11) is -1.57. The van der Waals surface area contributed by atoms with E-state index in [9.17, 15) is 13.2 Å². The maximum Gasteiger partial charge on any atom is 0.251 e. The zero-order valence-corrected chi connectivity index (χ0v) is 12.9. The van der Waals surface area contributed by atoms with E-state index in [1.165, 1.54) is 4.31 Å². The number of hydrogen-bond donors (Lipinski definition) is 1. The molecule has 7 heteroatoms. The van der Waals surface area contributed by atoms with Gasteiger partial charge in [0.15, 0.2) is 0 Å². The van der Waals surface area contributed by atoms with E-state index in [2.05, 4.69) is 5.32 Å². The monoisotopic (exact) mass is 312 g/mol. The van der Waals surface area contributed by atoms with Crippen molar-refractivity contribution in [3.8, 4) is 5.75 Å². The summed E-state index contributed by atoms with van der Waals surface area (Å²) in [5.41, 5.74) is 0.525. The highest BCUT2D eigenvalue weighted by atomic mass is 32.2. The van der Waals surface area contributed by atoms with E-state index in [-0.39, 0.29) is 11.7 Å². The van der Waals surface area contributed by atoms with Crippen LogP contribution >= 0.6 is 0 Å². The van der Waals surface area contributed by atoms with Gasteiger partial charge >= 0.3 is 0 Å². The average Bonchev–Trinajstić information content (AvgIpc) is 2.48. The summed E-state index contributed by atoms with van der Waals surface area (Å²) >= 11 is 0. The molecule has 1 aromatic carbocycles. The molecule has 21 heavy (non-hydrogen) atoms. The van der Waals surface area contributed by atoms with Crippen LogP contribution in [0.2, 0.25) is 0 Å². The summed E-state index contributed by atoms with van der Waals surface area (Å²) in [6.45, 7) is 1.18. The molecule has 1 saturated heterocycles. The second kappa shape index (κ2) is 6.91. The van der Waals surface area contributed by atoms with Gasteiger partial charge in [-0.3, -0.25) is 4.79 Å². The molecule has 0 aliphatic carbocycles. The van der Waals surface area contributed by atoms with E-state index in [0.29, 0.717) is 30.9 Å². The number of benzene rings is 1. The van der Waals surface area contributed by atoms with Crippen molar-refractivity contribution in [2.24, 2.45) is 0 Å². The first-order valence-corrected chi connectivity index (χ1v) is 8.54. The quantitative estimate of drug-likeness (QED) is 0.874. The first-order chi connectivity index (χ1) is 10.0. The van der Waals surface area contributed by atoms with Crippen LogP contribution in [0.1, 0.15) is 23.2 Å². The molecular weight excluding hydrogens is 292 g/mol. The van der Waals surface area contributed by atoms with Crippen LogP contribution in [0.3, 0.4) is 0 Å². The Hall–Kier alpha value is -1.60. The Kier molecular flexibility index (Phi) is 5.19. The fourth-order valence-corrected chi connectivity index (χ4v) is 3.83. The van der Waals surface area contributed by atoms with Crippen LogP contribution in [0.25, 0.3) is 0 Å². The lowest BCUT2D eigenvalue weighted by Gasteiger charge is -2.26. The molecule has 0 unspecified atom stereocenters. The number of nitrogens with zero attached hydrogens (tertiary/aromatic N) is 1. The Morgan fingerprint density at radius 3 is 2.62 bits per heavy atom. The summed E-state index contributed by atoms with van der Waals surface area (Å²) < 4.78 is 30.1. The maximum absolute atomic E-state index is 11.9. The zero-order chi connectivity index (χ0) is 15.3. The van der Waals surface area contributed by atoms with E-state index in [4.69, 9.17) is 4.74 Å². The Morgan fingerprint density at radius 2 is 2.00 bits per heavy atom. The number of methoxy groups -OCH3 is 1. The number of ether oxygens (including phenoxy) is 1. The molecule has 116 valence electrons. The van der Waals surface area contributed by atoms with Gasteiger partial charge in [-0.1, -0.05) is 0 Å². The summed E-state index contributed by atoms with van der Waals surface area (Å²) in [5, 5.41) is 2.74. The first kappa shape index (κ1) is 15.8. The Balaban J connectivity index is 1.83. The number of sulfonamides is 1. The second-order valence-corrected chi connectivity index (χ2v) is 7.00. The van der Waals surface area contributed by atoms with Gasteiger partial charge in [-0.2, -0.15) is 0 Å². The standard InChI is InChI=1S/C14H20N2O4S/c1-20-13-6-4-12(5-7-13)14(17)15-8-10-16-9-2-3-11-21(16,18)19/h4-7H,2-3,8-11H2,1H3,(H,15,17). The third kappa shape index (κ3) is 4.18. The number of nitrogens with one attached hydrogen (secondary N) is 1. The van der Waals surface area contributed by atoms with Crippen LogP contribution in [0.4, 0.5) is 0 Å². The van der Waals surface area contributed by atoms with Crippen LogP contribution < -0.4 is 10.1 Å². The van der Waals surface area contributed by atoms with Crippen LogP contribution in [-0.4, -0.2) is 51.1 Å². The van der Waals surface area contributed by atoms with Crippen molar-refractivity contribution in [3.05, 3.63) is 29.8 Å². The molecule has 0 saturated carbocycles. The molecule has 0 spiro atoms. The Morgan fingerprint density at radius 1 is 1.29 bits per heavy atom. The van der Waals surface area contributed by atoms with Crippen molar-refractivity contribution in [1.82, 2.24) is 9.62 Å². The van der Waals surface area contributed by atoms with Gasteiger partial charge in [0.1, 0.15) is 5.75 Å². The molecule has 2 rings (SSSR count). The number of carbonyl (C=O) groups is 1. The van der Waals surface area contributed by atoms with Crippen molar-refractivity contribution >= 4 is 15.9 Å². The van der Waals surface area contributed by atoms with E-state index >= 15 is 0 Å². The molecule has 1 fully saturated rings. The molecule has 1 aliphatic heterocycles. The van der Waals surface area contributed by atoms with Crippen LogP contribution in [0.5, 0.6) is 5.75 Å². The molecule has 0 aromatic heterocycles. The highest BCUT2D eigenvalue weighted by Gasteiger charge is 2.25. The van der Waals surface area contributed by atoms with Gasteiger partial charge in [-0.25, -0.2) is 12.7 Å². The number of hydrogen-bond acceptors (Lipinski definition) is 4. The fourth-order valence-electron chi connectivity index (χ4n) is 2.23. The van der Waals surface area contributed by atoms with Gasteiger partial charge in [0.05, 0.1) is 12.9 Å². The molecule has 6 nitrogen and oxygen atoms in total. The number of carbonyl (C=O) groups excluding carboxylic acids is 1. The highest BCUT2D eigenvalue weighted by molar-refractivity contribution is 7.89.